The number of hydrogen-bond donors (Lipinski definition) is 0. The summed E-state index contributed by atoms with van der Waals surface area (Å²) in [7, 11) is -3.63. The number of hydrogen-bond acceptors (Lipinski definition) is 2. The third-order valence-electron chi connectivity index (χ3n) is 2.83. The Labute approximate surface area is 147 Å². The Morgan fingerprint density at radius 3 is 2.29 bits per heavy atom. The predicted octanol–water partition coefficient (Wildman–Crippen LogP) is 5.51. The van der Waals surface area contributed by atoms with Gasteiger partial charge in [-0.25, -0.2) is 8.42 Å². The SMILES string of the molecule is O=S(=O)(CC(Cl)c1ccc(Br)cc1)c1cc(Cl)ccc1Cl. The molecule has 2 nitrogen and oxygen atoms in total. The van der Waals surface area contributed by atoms with E-state index in [9.17, 15) is 8.42 Å². The van der Waals surface area contributed by atoms with Crippen LogP contribution in [0.25, 0.3) is 0 Å². The van der Waals surface area contributed by atoms with E-state index in [0.29, 0.717) is 5.02 Å². The van der Waals surface area contributed by atoms with E-state index in [-0.39, 0.29) is 15.7 Å². The van der Waals surface area contributed by atoms with Crippen molar-refractivity contribution in [2.75, 3.05) is 5.75 Å². The van der Waals surface area contributed by atoms with E-state index >= 15 is 0 Å². The van der Waals surface area contributed by atoms with Gasteiger partial charge in [0.15, 0.2) is 9.84 Å². The van der Waals surface area contributed by atoms with E-state index < -0.39 is 15.2 Å². The molecule has 0 N–H and O–H groups in total. The van der Waals surface area contributed by atoms with E-state index in [0.717, 1.165) is 10.0 Å². The average molecular weight is 429 g/mol. The Bertz CT molecular complexity index is 745. The summed E-state index contributed by atoms with van der Waals surface area (Å²) in [4.78, 5) is -0.000529. The first-order valence-electron chi connectivity index (χ1n) is 5.87. The van der Waals surface area contributed by atoms with Crippen molar-refractivity contribution in [2.45, 2.75) is 10.3 Å². The van der Waals surface area contributed by atoms with Gasteiger partial charge in [-0.3, -0.25) is 0 Å². The molecule has 2 rings (SSSR count). The summed E-state index contributed by atoms with van der Waals surface area (Å²) >= 11 is 21.3. The summed E-state index contributed by atoms with van der Waals surface area (Å²) in [5, 5.41) is -0.218. The molecule has 1 unspecified atom stereocenters. The van der Waals surface area contributed by atoms with Gasteiger partial charge in [0.05, 0.1) is 21.0 Å². The molecule has 7 heteroatoms. The van der Waals surface area contributed by atoms with Crippen molar-refractivity contribution in [3.05, 3.63) is 62.5 Å². The van der Waals surface area contributed by atoms with Crippen molar-refractivity contribution in [1.82, 2.24) is 0 Å². The summed E-state index contributed by atoms with van der Waals surface area (Å²) in [5.74, 6) is -0.254. The van der Waals surface area contributed by atoms with E-state index in [4.69, 9.17) is 34.8 Å². The van der Waals surface area contributed by atoms with Gasteiger partial charge in [0.1, 0.15) is 0 Å². The van der Waals surface area contributed by atoms with Crippen molar-refractivity contribution < 1.29 is 8.42 Å². The molecule has 0 saturated heterocycles. The van der Waals surface area contributed by atoms with Crippen LogP contribution in [0.2, 0.25) is 10.0 Å². The highest BCUT2D eigenvalue weighted by molar-refractivity contribution is 9.10. The number of halogens is 4. The summed E-state index contributed by atoms with van der Waals surface area (Å²) in [6.07, 6.45) is 0. The van der Waals surface area contributed by atoms with Crippen LogP contribution >= 0.6 is 50.7 Å². The third-order valence-corrected chi connectivity index (χ3v) is 6.40. The molecule has 0 heterocycles. The lowest BCUT2D eigenvalue weighted by Crippen LogP contribution is -2.12. The maximum absolute atomic E-state index is 12.4. The van der Waals surface area contributed by atoms with E-state index in [1.54, 1.807) is 12.1 Å². The smallest absolute Gasteiger partial charge is 0.181 e. The molecule has 0 aromatic heterocycles. The molecule has 0 aliphatic carbocycles. The lowest BCUT2D eigenvalue weighted by Gasteiger charge is -2.12. The van der Waals surface area contributed by atoms with Crippen LogP contribution in [0.15, 0.2) is 51.8 Å². The van der Waals surface area contributed by atoms with Crippen molar-refractivity contribution in [2.24, 2.45) is 0 Å². The summed E-state index contributed by atoms with van der Waals surface area (Å²) in [6.45, 7) is 0. The molecular formula is C14H10BrCl3O2S. The monoisotopic (exact) mass is 426 g/mol. The second kappa shape index (κ2) is 6.88. The Hall–Kier alpha value is -0.260. The number of rotatable bonds is 4. The van der Waals surface area contributed by atoms with Gasteiger partial charge in [-0.2, -0.15) is 0 Å². The quantitative estimate of drug-likeness (QED) is 0.602. The van der Waals surface area contributed by atoms with Crippen molar-refractivity contribution in [3.63, 3.8) is 0 Å². The first-order valence-corrected chi connectivity index (χ1v) is 9.51. The second-order valence-corrected chi connectivity index (χ2v) is 8.66. The molecular weight excluding hydrogens is 418 g/mol. The normalized spacial score (nSPS) is 13.1. The summed E-state index contributed by atoms with van der Waals surface area (Å²) in [6, 6.07) is 11.5. The molecule has 1 atom stereocenters. The van der Waals surface area contributed by atoms with Crippen LogP contribution in [0.5, 0.6) is 0 Å². The maximum atomic E-state index is 12.4. The topological polar surface area (TPSA) is 34.1 Å². The molecule has 0 radical (unpaired) electrons. The van der Waals surface area contributed by atoms with Crippen LogP contribution in [-0.4, -0.2) is 14.2 Å². The molecule has 112 valence electrons. The fourth-order valence-electron chi connectivity index (χ4n) is 1.77. The molecule has 0 amide bonds. The van der Waals surface area contributed by atoms with Crippen LogP contribution in [0.3, 0.4) is 0 Å². The van der Waals surface area contributed by atoms with E-state index in [2.05, 4.69) is 15.9 Å². The van der Waals surface area contributed by atoms with Crippen molar-refractivity contribution >= 4 is 60.6 Å². The lowest BCUT2D eigenvalue weighted by atomic mass is 10.2. The van der Waals surface area contributed by atoms with Gasteiger partial charge in [0.25, 0.3) is 0 Å². The minimum Gasteiger partial charge on any atom is -0.224 e. The third kappa shape index (κ3) is 4.36. The maximum Gasteiger partial charge on any atom is 0.181 e. The van der Waals surface area contributed by atoms with Crippen LogP contribution in [0.4, 0.5) is 0 Å². The Morgan fingerprint density at radius 2 is 1.67 bits per heavy atom. The van der Waals surface area contributed by atoms with Crippen molar-refractivity contribution in [1.29, 1.82) is 0 Å². The van der Waals surface area contributed by atoms with E-state index in [1.165, 1.54) is 18.2 Å². The first-order chi connectivity index (χ1) is 9.79. The molecule has 2 aromatic rings. The fourth-order valence-corrected chi connectivity index (χ4v) is 4.81. The van der Waals surface area contributed by atoms with Gasteiger partial charge < -0.3 is 0 Å². The molecule has 0 fully saturated rings. The molecule has 2 aromatic carbocycles. The minimum absolute atomic E-state index is 0.000529. The molecule has 0 aliphatic heterocycles. The van der Waals surface area contributed by atoms with Crippen LogP contribution in [0.1, 0.15) is 10.9 Å². The number of benzene rings is 2. The van der Waals surface area contributed by atoms with Gasteiger partial charge in [-0.1, -0.05) is 51.3 Å². The molecule has 0 spiro atoms. The van der Waals surface area contributed by atoms with Gasteiger partial charge >= 0.3 is 0 Å². The Morgan fingerprint density at radius 1 is 1.05 bits per heavy atom. The highest BCUT2D eigenvalue weighted by atomic mass is 79.9. The highest BCUT2D eigenvalue weighted by Gasteiger charge is 2.23. The number of sulfone groups is 1. The lowest BCUT2D eigenvalue weighted by molar-refractivity contribution is 0.594. The first kappa shape index (κ1) is 17.1. The standard InChI is InChI=1S/C14H10BrCl3O2S/c15-10-3-1-9(2-4-10)13(18)8-21(19,20)14-7-11(16)5-6-12(14)17/h1-7,13H,8H2. The van der Waals surface area contributed by atoms with Crippen molar-refractivity contribution in [3.8, 4) is 0 Å². The van der Waals surface area contributed by atoms with Crippen LogP contribution in [-0.2, 0) is 9.84 Å². The average Bonchev–Trinajstić information content (AvgIpc) is 2.41. The van der Waals surface area contributed by atoms with Gasteiger partial charge in [0.2, 0.25) is 0 Å². The van der Waals surface area contributed by atoms with Gasteiger partial charge in [-0.05, 0) is 35.9 Å². The predicted molar refractivity (Wildman–Crippen MR) is 91.3 cm³/mol. The summed E-state index contributed by atoms with van der Waals surface area (Å²) < 4.78 is 25.7. The number of alkyl halides is 1. The van der Waals surface area contributed by atoms with E-state index in [1.807, 2.05) is 12.1 Å². The van der Waals surface area contributed by atoms with Crippen LogP contribution < -0.4 is 0 Å². The minimum atomic E-state index is -3.63. The van der Waals surface area contributed by atoms with Gasteiger partial charge in [0, 0.05) is 9.50 Å². The van der Waals surface area contributed by atoms with Crippen LogP contribution in [0, 0.1) is 0 Å². The molecule has 21 heavy (non-hydrogen) atoms. The molecule has 0 aliphatic rings. The zero-order valence-electron chi connectivity index (χ0n) is 10.6. The summed E-state index contributed by atoms with van der Waals surface area (Å²) in [5.41, 5.74) is 0.724. The second-order valence-electron chi connectivity index (χ2n) is 4.38. The Balaban J connectivity index is 2.28. The zero-order chi connectivity index (χ0) is 15.6. The fraction of sp³-hybridized carbons (Fsp3) is 0.143. The Kier molecular flexibility index (Phi) is 5.60. The molecule has 0 saturated carbocycles. The zero-order valence-corrected chi connectivity index (χ0v) is 15.2. The largest absolute Gasteiger partial charge is 0.224 e. The van der Waals surface area contributed by atoms with Gasteiger partial charge in [-0.15, -0.1) is 11.6 Å². The highest BCUT2D eigenvalue weighted by Crippen LogP contribution is 2.31. The molecule has 0 bridgehead atoms.